The van der Waals surface area contributed by atoms with Gasteiger partial charge in [-0.3, -0.25) is 4.79 Å². The Bertz CT molecular complexity index is 824. The molecule has 0 unspecified atom stereocenters. The number of hydrogen-bond donors (Lipinski definition) is 1. The van der Waals surface area contributed by atoms with Gasteiger partial charge in [0.1, 0.15) is 5.00 Å². The van der Waals surface area contributed by atoms with Gasteiger partial charge in [0, 0.05) is 5.92 Å². The van der Waals surface area contributed by atoms with Crippen LogP contribution in [0.25, 0.3) is 0 Å². The van der Waals surface area contributed by atoms with Gasteiger partial charge in [0.25, 0.3) is 5.22 Å². The number of esters is 1. The van der Waals surface area contributed by atoms with E-state index in [-0.39, 0.29) is 17.6 Å². The van der Waals surface area contributed by atoms with Gasteiger partial charge in [0.15, 0.2) is 0 Å². The molecule has 26 heavy (non-hydrogen) atoms. The monoisotopic (exact) mass is 393 g/mol. The second kappa shape index (κ2) is 7.40. The van der Waals surface area contributed by atoms with Crippen LogP contribution in [0, 0.1) is 0 Å². The van der Waals surface area contributed by atoms with Gasteiger partial charge < -0.3 is 14.5 Å². The summed E-state index contributed by atoms with van der Waals surface area (Å²) in [6.07, 6.45) is 4.33. The van der Waals surface area contributed by atoms with Crippen LogP contribution in [0.3, 0.4) is 0 Å². The predicted molar refractivity (Wildman–Crippen MR) is 97.9 cm³/mol. The van der Waals surface area contributed by atoms with Crippen LogP contribution in [-0.2, 0) is 9.53 Å². The number of hydrogen-bond acceptors (Lipinski definition) is 8. The van der Waals surface area contributed by atoms with Crippen molar-refractivity contribution < 1.29 is 18.7 Å². The van der Waals surface area contributed by atoms with Crippen molar-refractivity contribution in [2.24, 2.45) is 0 Å². The summed E-state index contributed by atoms with van der Waals surface area (Å²) in [4.78, 5) is 24.6. The van der Waals surface area contributed by atoms with E-state index in [9.17, 15) is 9.59 Å². The number of anilines is 1. The van der Waals surface area contributed by atoms with Crippen LogP contribution in [0.2, 0.25) is 0 Å². The standard InChI is InChI=1S/C17H19N3O4S2/c1-2-23-16(22)13-11(9-3-4-9)7-25-15(13)18-12(21)8-26-17-20-19-14(24-17)10-5-6-10/h7,9-10H,2-6,8H2,1H3,(H,18,21). The van der Waals surface area contributed by atoms with Crippen LogP contribution in [-0.4, -0.2) is 34.4 Å². The molecule has 0 spiro atoms. The van der Waals surface area contributed by atoms with E-state index in [0.717, 1.165) is 31.2 Å². The summed E-state index contributed by atoms with van der Waals surface area (Å²) >= 11 is 2.57. The summed E-state index contributed by atoms with van der Waals surface area (Å²) in [7, 11) is 0. The molecule has 2 fully saturated rings. The topological polar surface area (TPSA) is 94.3 Å². The van der Waals surface area contributed by atoms with Crippen molar-refractivity contribution in [1.82, 2.24) is 10.2 Å². The normalized spacial score (nSPS) is 16.5. The SMILES string of the molecule is CCOC(=O)c1c(C2CC2)csc1NC(=O)CSc1nnc(C2CC2)o1. The molecular formula is C17H19N3O4S2. The van der Waals surface area contributed by atoms with Crippen LogP contribution in [0.5, 0.6) is 0 Å². The molecule has 2 saturated carbocycles. The first-order valence-corrected chi connectivity index (χ1v) is 10.6. The molecular weight excluding hydrogens is 374 g/mol. The minimum atomic E-state index is -0.371. The molecule has 7 nitrogen and oxygen atoms in total. The zero-order valence-electron chi connectivity index (χ0n) is 14.3. The molecule has 0 aromatic carbocycles. The van der Waals surface area contributed by atoms with Crippen molar-refractivity contribution in [1.29, 1.82) is 0 Å². The fourth-order valence-electron chi connectivity index (χ4n) is 2.64. The zero-order chi connectivity index (χ0) is 18.1. The van der Waals surface area contributed by atoms with Crippen LogP contribution in [0.1, 0.15) is 66.3 Å². The van der Waals surface area contributed by atoms with Crippen LogP contribution in [0.4, 0.5) is 5.00 Å². The molecule has 0 aliphatic heterocycles. The number of amides is 1. The summed E-state index contributed by atoms with van der Waals surface area (Å²) in [5.41, 5.74) is 1.49. The minimum absolute atomic E-state index is 0.144. The molecule has 2 aliphatic rings. The summed E-state index contributed by atoms with van der Waals surface area (Å²) in [5, 5.41) is 13.7. The van der Waals surface area contributed by atoms with Gasteiger partial charge in [-0.2, -0.15) is 0 Å². The van der Waals surface area contributed by atoms with E-state index in [1.807, 2.05) is 5.38 Å². The number of carbonyl (C=O) groups excluding carboxylic acids is 2. The van der Waals surface area contributed by atoms with Gasteiger partial charge >= 0.3 is 5.97 Å². The highest BCUT2D eigenvalue weighted by atomic mass is 32.2. The fourth-order valence-corrected chi connectivity index (χ4v) is 4.25. The Morgan fingerprint density at radius 3 is 2.77 bits per heavy atom. The van der Waals surface area contributed by atoms with E-state index in [2.05, 4.69) is 15.5 Å². The van der Waals surface area contributed by atoms with Crippen LogP contribution in [0.15, 0.2) is 15.0 Å². The Labute approximate surface area is 158 Å². The average molecular weight is 393 g/mol. The predicted octanol–water partition coefficient (Wildman–Crippen LogP) is 3.79. The summed E-state index contributed by atoms with van der Waals surface area (Å²) in [6.45, 7) is 2.08. The molecule has 9 heteroatoms. The molecule has 4 rings (SSSR count). The van der Waals surface area contributed by atoms with Crippen molar-refractivity contribution in [3.63, 3.8) is 0 Å². The van der Waals surface area contributed by atoms with E-state index < -0.39 is 0 Å². The number of thioether (sulfide) groups is 1. The molecule has 0 atom stereocenters. The van der Waals surface area contributed by atoms with E-state index in [4.69, 9.17) is 9.15 Å². The molecule has 2 aromatic heterocycles. The highest BCUT2D eigenvalue weighted by Gasteiger charge is 2.32. The van der Waals surface area contributed by atoms with Gasteiger partial charge in [-0.05, 0) is 49.5 Å². The van der Waals surface area contributed by atoms with Gasteiger partial charge in [-0.25, -0.2) is 4.79 Å². The fraction of sp³-hybridized carbons (Fsp3) is 0.529. The maximum atomic E-state index is 12.3. The molecule has 2 heterocycles. The molecule has 138 valence electrons. The Morgan fingerprint density at radius 1 is 1.31 bits per heavy atom. The van der Waals surface area contributed by atoms with Crippen molar-refractivity contribution in [2.45, 2.75) is 49.7 Å². The van der Waals surface area contributed by atoms with Gasteiger partial charge in [-0.15, -0.1) is 21.5 Å². The van der Waals surface area contributed by atoms with Crippen molar-refractivity contribution in [3.05, 3.63) is 22.4 Å². The third kappa shape index (κ3) is 3.93. The minimum Gasteiger partial charge on any atom is -0.462 e. The first kappa shape index (κ1) is 17.5. The molecule has 0 radical (unpaired) electrons. The number of thiophene rings is 1. The number of aromatic nitrogens is 2. The maximum Gasteiger partial charge on any atom is 0.341 e. The molecule has 2 aliphatic carbocycles. The van der Waals surface area contributed by atoms with E-state index in [1.54, 1.807) is 6.92 Å². The average Bonchev–Trinajstić information content (AvgIpc) is 3.56. The van der Waals surface area contributed by atoms with E-state index >= 15 is 0 Å². The quantitative estimate of drug-likeness (QED) is 0.538. The Kier molecular flexibility index (Phi) is 4.99. The first-order chi connectivity index (χ1) is 12.7. The number of rotatable bonds is 8. The Balaban J connectivity index is 1.39. The number of nitrogens with one attached hydrogen (secondary N) is 1. The number of nitrogens with zero attached hydrogens (tertiary/aromatic N) is 2. The summed E-state index contributed by atoms with van der Waals surface area (Å²) in [6, 6.07) is 0. The van der Waals surface area contributed by atoms with E-state index in [1.165, 1.54) is 23.1 Å². The number of carbonyl (C=O) groups is 2. The van der Waals surface area contributed by atoms with Crippen LogP contribution >= 0.6 is 23.1 Å². The van der Waals surface area contributed by atoms with Gasteiger partial charge in [0.05, 0.1) is 17.9 Å². The van der Waals surface area contributed by atoms with Gasteiger partial charge in [-0.1, -0.05) is 11.8 Å². The van der Waals surface area contributed by atoms with Crippen LogP contribution < -0.4 is 5.32 Å². The lowest BCUT2D eigenvalue weighted by Crippen LogP contribution is -2.16. The summed E-state index contributed by atoms with van der Waals surface area (Å²) < 4.78 is 10.7. The second-order valence-corrected chi connectivity index (χ2v) is 8.21. The second-order valence-electron chi connectivity index (χ2n) is 6.41. The highest BCUT2D eigenvalue weighted by Crippen LogP contribution is 2.46. The largest absolute Gasteiger partial charge is 0.462 e. The maximum absolute atomic E-state index is 12.3. The summed E-state index contributed by atoms with van der Waals surface area (Å²) in [5.74, 6) is 1.02. The Morgan fingerprint density at radius 2 is 2.08 bits per heavy atom. The number of ether oxygens (including phenoxy) is 1. The smallest absolute Gasteiger partial charge is 0.341 e. The van der Waals surface area contributed by atoms with Crippen molar-refractivity contribution in [3.8, 4) is 0 Å². The first-order valence-electron chi connectivity index (χ1n) is 8.70. The highest BCUT2D eigenvalue weighted by molar-refractivity contribution is 7.99. The molecule has 1 amide bonds. The lowest BCUT2D eigenvalue weighted by Gasteiger charge is -2.07. The van der Waals surface area contributed by atoms with E-state index in [0.29, 0.717) is 40.1 Å². The molecule has 1 N–H and O–H groups in total. The third-order valence-electron chi connectivity index (χ3n) is 4.24. The van der Waals surface area contributed by atoms with Gasteiger partial charge in [0.2, 0.25) is 11.8 Å². The third-order valence-corrected chi connectivity index (χ3v) is 5.98. The molecule has 0 bridgehead atoms. The lowest BCUT2D eigenvalue weighted by atomic mass is 10.1. The Hall–Kier alpha value is -1.87. The lowest BCUT2D eigenvalue weighted by molar-refractivity contribution is -0.113. The zero-order valence-corrected chi connectivity index (χ0v) is 16.0. The van der Waals surface area contributed by atoms with Crippen molar-refractivity contribution >= 4 is 40.0 Å². The molecule has 0 saturated heterocycles. The molecule has 2 aromatic rings. The van der Waals surface area contributed by atoms with Crippen molar-refractivity contribution in [2.75, 3.05) is 17.7 Å².